The number of carbonyl (C=O) groups excluding carboxylic acids is 3. The first-order chi connectivity index (χ1) is 15.3. The minimum atomic E-state index is -0.608. The van der Waals surface area contributed by atoms with Gasteiger partial charge in [0, 0.05) is 6.42 Å². The maximum Gasteiger partial charge on any atom is 0.243 e. The summed E-state index contributed by atoms with van der Waals surface area (Å²) in [6.07, 6.45) is 15.1. The lowest BCUT2D eigenvalue weighted by molar-refractivity contribution is -0.132. The highest BCUT2D eigenvalue weighted by Crippen LogP contribution is 2.17. The number of carbonyl (C=O) groups is 3. The largest absolute Gasteiger partial charge is 0.345 e. The van der Waals surface area contributed by atoms with Crippen molar-refractivity contribution in [2.24, 2.45) is 5.92 Å². The fourth-order valence-electron chi connectivity index (χ4n) is 3.83. The summed E-state index contributed by atoms with van der Waals surface area (Å²) < 4.78 is 0. The van der Waals surface area contributed by atoms with Gasteiger partial charge in [0.1, 0.15) is 6.04 Å². The second-order valence-electron chi connectivity index (χ2n) is 9.42. The number of hydrogen-bond acceptors (Lipinski definition) is 3. The summed E-state index contributed by atoms with van der Waals surface area (Å²) in [6.45, 7) is 11.9. The van der Waals surface area contributed by atoms with E-state index >= 15 is 0 Å². The van der Waals surface area contributed by atoms with Crippen molar-refractivity contribution in [1.82, 2.24) is 10.6 Å². The predicted molar refractivity (Wildman–Crippen MR) is 135 cm³/mol. The third-order valence-electron chi connectivity index (χ3n) is 5.86. The molecule has 0 bridgehead atoms. The molecule has 0 heterocycles. The van der Waals surface area contributed by atoms with Crippen LogP contribution in [0.5, 0.6) is 0 Å². The molecule has 2 amide bonds. The van der Waals surface area contributed by atoms with Gasteiger partial charge >= 0.3 is 0 Å². The van der Waals surface area contributed by atoms with E-state index in [9.17, 15) is 14.4 Å². The Labute approximate surface area is 197 Å². The highest BCUT2D eigenvalue weighted by Gasteiger charge is 2.27. The SMILES string of the molecule is CCC/C=C(/CCC)CCCC[C@H](NC(=O)[C@@H](NC(=O)CCCCCC)C(C)C)C(C)=O. The molecule has 2 N–H and O–H groups in total. The highest BCUT2D eigenvalue weighted by atomic mass is 16.2. The summed E-state index contributed by atoms with van der Waals surface area (Å²) in [4.78, 5) is 37.3. The molecule has 32 heavy (non-hydrogen) atoms. The van der Waals surface area contributed by atoms with Crippen LogP contribution in [-0.4, -0.2) is 29.7 Å². The Morgan fingerprint density at radius 2 is 1.47 bits per heavy atom. The fraction of sp³-hybridized carbons (Fsp3) is 0.815. The van der Waals surface area contributed by atoms with E-state index in [0.717, 1.165) is 70.6 Å². The summed E-state index contributed by atoms with van der Waals surface area (Å²) in [5, 5.41) is 5.79. The Balaban J connectivity index is 4.69. The van der Waals surface area contributed by atoms with Crippen LogP contribution < -0.4 is 10.6 Å². The average Bonchev–Trinajstić information content (AvgIpc) is 2.74. The molecule has 0 radical (unpaired) electrons. The zero-order chi connectivity index (χ0) is 24.4. The van der Waals surface area contributed by atoms with Gasteiger partial charge in [0.05, 0.1) is 6.04 Å². The van der Waals surface area contributed by atoms with E-state index in [1.54, 1.807) is 0 Å². The molecule has 0 aromatic rings. The smallest absolute Gasteiger partial charge is 0.243 e. The second-order valence-corrected chi connectivity index (χ2v) is 9.42. The summed E-state index contributed by atoms with van der Waals surface area (Å²) in [5.74, 6) is -0.405. The molecule has 2 atom stereocenters. The molecule has 0 unspecified atom stereocenters. The van der Waals surface area contributed by atoms with Crippen LogP contribution >= 0.6 is 0 Å². The van der Waals surface area contributed by atoms with E-state index in [-0.39, 0.29) is 23.5 Å². The third-order valence-corrected chi connectivity index (χ3v) is 5.86. The van der Waals surface area contributed by atoms with E-state index in [0.29, 0.717) is 12.8 Å². The second kappa shape index (κ2) is 18.9. The number of unbranched alkanes of at least 4 members (excludes halogenated alkanes) is 5. The van der Waals surface area contributed by atoms with Gasteiger partial charge < -0.3 is 10.6 Å². The molecule has 0 aromatic carbocycles. The molecule has 186 valence electrons. The molecular formula is C27H50N2O3. The topological polar surface area (TPSA) is 75.3 Å². The Kier molecular flexibility index (Phi) is 17.9. The number of nitrogens with one attached hydrogen (secondary N) is 2. The molecule has 0 aliphatic carbocycles. The minimum Gasteiger partial charge on any atom is -0.345 e. The molecule has 0 aliphatic heterocycles. The summed E-state index contributed by atoms with van der Waals surface area (Å²) >= 11 is 0. The predicted octanol–water partition coefficient (Wildman–Crippen LogP) is 6.26. The van der Waals surface area contributed by atoms with Gasteiger partial charge in [-0.3, -0.25) is 14.4 Å². The van der Waals surface area contributed by atoms with Crippen LogP contribution in [-0.2, 0) is 14.4 Å². The van der Waals surface area contributed by atoms with Crippen molar-refractivity contribution < 1.29 is 14.4 Å². The molecule has 0 saturated heterocycles. The Morgan fingerprint density at radius 3 is 2.03 bits per heavy atom. The molecule has 0 fully saturated rings. The zero-order valence-corrected chi connectivity index (χ0v) is 21.7. The van der Waals surface area contributed by atoms with Crippen LogP contribution in [0.2, 0.25) is 0 Å². The van der Waals surface area contributed by atoms with Crippen molar-refractivity contribution in [3.05, 3.63) is 11.6 Å². The summed E-state index contributed by atoms with van der Waals surface area (Å²) in [6, 6.07) is -1.09. The van der Waals surface area contributed by atoms with Gasteiger partial charge in [-0.15, -0.1) is 0 Å². The first-order valence-corrected chi connectivity index (χ1v) is 13.0. The fourth-order valence-corrected chi connectivity index (χ4v) is 3.83. The molecule has 0 spiro atoms. The van der Waals surface area contributed by atoms with E-state index in [2.05, 4.69) is 37.5 Å². The van der Waals surface area contributed by atoms with Gasteiger partial charge in [0.25, 0.3) is 0 Å². The minimum absolute atomic E-state index is 0.0259. The molecule has 0 rings (SSSR count). The Morgan fingerprint density at radius 1 is 0.781 bits per heavy atom. The Bertz CT molecular complexity index is 569. The number of rotatable bonds is 19. The third kappa shape index (κ3) is 14.4. The number of hydrogen-bond donors (Lipinski definition) is 2. The lowest BCUT2D eigenvalue weighted by Crippen LogP contribution is -2.53. The molecule has 5 heteroatoms. The Hall–Kier alpha value is -1.65. The van der Waals surface area contributed by atoms with Crippen molar-refractivity contribution in [2.75, 3.05) is 0 Å². The summed E-state index contributed by atoms with van der Waals surface area (Å²) in [5.41, 5.74) is 1.51. The van der Waals surface area contributed by atoms with Crippen molar-refractivity contribution in [3.63, 3.8) is 0 Å². The van der Waals surface area contributed by atoms with Crippen LogP contribution in [0.1, 0.15) is 125 Å². The van der Waals surface area contributed by atoms with Crippen LogP contribution in [0.15, 0.2) is 11.6 Å². The normalized spacial score (nSPS) is 13.7. The first-order valence-electron chi connectivity index (χ1n) is 13.0. The monoisotopic (exact) mass is 450 g/mol. The first kappa shape index (κ1) is 30.4. The zero-order valence-electron chi connectivity index (χ0n) is 21.7. The number of allylic oxidation sites excluding steroid dienone is 2. The van der Waals surface area contributed by atoms with Crippen LogP contribution in [0.25, 0.3) is 0 Å². The van der Waals surface area contributed by atoms with Gasteiger partial charge in [0.2, 0.25) is 11.8 Å². The quantitative estimate of drug-likeness (QED) is 0.180. The van der Waals surface area contributed by atoms with Gasteiger partial charge in [-0.25, -0.2) is 0 Å². The molecular weight excluding hydrogens is 400 g/mol. The summed E-state index contributed by atoms with van der Waals surface area (Å²) in [7, 11) is 0. The number of Topliss-reactive ketones (excluding diaryl/α,β-unsaturated/α-hetero) is 1. The van der Waals surface area contributed by atoms with E-state index in [1.165, 1.54) is 12.5 Å². The lowest BCUT2D eigenvalue weighted by atomic mass is 9.98. The number of ketones is 1. The van der Waals surface area contributed by atoms with Gasteiger partial charge in [-0.2, -0.15) is 0 Å². The van der Waals surface area contributed by atoms with Gasteiger partial charge in [-0.05, 0) is 51.4 Å². The molecule has 0 saturated carbocycles. The number of amides is 2. The molecule has 5 nitrogen and oxygen atoms in total. The average molecular weight is 451 g/mol. The lowest BCUT2D eigenvalue weighted by Gasteiger charge is -2.24. The van der Waals surface area contributed by atoms with Crippen LogP contribution in [0.3, 0.4) is 0 Å². The maximum atomic E-state index is 12.9. The van der Waals surface area contributed by atoms with E-state index < -0.39 is 12.1 Å². The van der Waals surface area contributed by atoms with Crippen molar-refractivity contribution in [2.45, 2.75) is 137 Å². The van der Waals surface area contributed by atoms with Crippen LogP contribution in [0, 0.1) is 5.92 Å². The van der Waals surface area contributed by atoms with Crippen molar-refractivity contribution in [1.29, 1.82) is 0 Å². The standard InChI is InChI=1S/C27H50N2O3/c1-7-10-12-13-20-25(31)29-26(21(4)5)27(32)28-24(22(6)30)19-15-14-18-23(16-9-3)17-11-8-2/h17,21,24,26H,7-16,18-20H2,1-6H3,(H,28,32)(H,29,31)/b23-17-/t24-,26-/m0/s1. The van der Waals surface area contributed by atoms with E-state index in [1.807, 2.05) is 13.8 Å². The van der Waals surface area contributed by atoms with Crippen molar-refractivity contribution >= 4 is 17.6 Å². The highest BCUT2D eigenvalue weighted by molar-refractivity contribution is 5.92. The van der Waals surface area contributed by atoms with Crippen molar-refractivity contribution in [3.8, 4) is 0 Å². The van der Waals surface area contributed by atoms with Crippen LogP contribution in [0.4, 0.5) is 0 Å². The van der Waals surface area contributed by atoms with E-state index in [4.69, 9.17) is 0 Å². The maximum absolute atomic E-state index is 12.9. The van der Waals surface area contributed by atoms with Gasteiger partial charge in [0.15, 0.2) is 5.78 Å². The molecule has 0 aromatic heterocycles. The van der Waals surface area contributed by atoms with Gasteiger partial charge in [-0.1, -0.05) is 84.8 Å². The molecule has 0 aliphatic rings.